The van der Waals surface area contributed by atoms with Gasteiger partial charge in [0.05, 0.1) is 0 Å². The summed E-state index contributed by atoms with van der Waals surface area (Å²) < 4.78 is 1.80. The Balaban J connectivity index is 2.41. The van der Waals surface area contributed by atoms with Crippen LogP contribution in [0.25, 0.3) is 0 Å². The Bertz CT molecular complexity index is 507. The third kappa shape index (κ3) is 1.96. The highest BCUT2D eigenvalue weighted by Gasteiger charge is 2.16. The molecule has 0 saturated carbocycles. The monoisotopic (exact) mass is 236 g/mol. The number of halogens is 1. The average molecular weight is 237 g/mol. The first-order chi connectivity index (χ1) is 7.59. The molecule has 0 bridgehead atoms. The molecule has 0 aliphatic carbocycles. The van der Waals surface area contributed by atoms with Gasteiger partial charge in [0.15, 0.2) is 0 Å². The van der Waals surface area contributed by atoms with Gasteiger partial charge in [-0.1, -0.05) is 17.7 Å². The lowest BCUT2D eigenvalue weighted by Crippen LogP contribution is -2.08. The summed E-state index contributed by atoms with van der Waals surface area (Å²) in [6.07, 6.45) is 2.77. The van der Waals surface area contributed by atoms with Crippen molar-refractivity contribution in [2.75, 3.05) is 0 Å². The van der Waals surface area contributed by atoms with E-state index in [1.165, 1.54) is 0 Å². The fourth-order valence-electron chi connectivity index (χ4n) is 1.73. The Labute approximate surface area is 99.3 Å². The fraction of sp³-hybridized carbons (Fsp3) is 0.250. The maximum atomic E-state index is 10.2. The van der Waals surface area contributed by atoms with Crippen molar-refractivity contribution in [3.8, 4) is 0 Å². The van der Waals surface area contributed by atoms with Crippen LogP contribution in [-0.4, -0.2) is 14.7 Å². The van der Waals surface area contributed by atoms with E-state index < -0.39 is 6.10 Å². The topological polar surface area (TPSA) is 38.1 Å². The van der Waals surface area contributed by atoms with Crippen LogP contribution in [0.3, 0.4) is 0 Å². The highest BCUT2D eigenvalue weighted by Crippen LogP contribution is 2.25. The number of aromatic nitrogens is 2. The molecule has 2 aromatic rings. The Morgan fingerprint density at radius 3 is 2.75 bits per heavy atom. The van der Waals surface area contributed by atoms with E-state index in [2.05, 4.69) is 4.98 Å². The molecule has 0 radical (unpaired) electrons. The van der Waals surface area contributed by atoms with Gasteiger partial charge in [-0.15, -0.1) is 0 Å². The maximum absolute atomic E-state index is 10.2. The molecule has 1 unspecified atom stereocenters. The van der Waals surface area contributed by atoms with Gasteiger partial charge in [-0.2, -0.15) is 0 Å². The second-order valence-corrected chi connectivity index (χ2v) is 4.24. The van der Waals surface area contributed by atoms with Crippen molar-refractivity contribution in [3.05, 3.63) is 52.6 Å². The van der Waals surface area contributed by atoms with Crippen molar-refractivity contribution >= 4 is 11.6 Å². The van der Waals surface area contributed by atoms with Crippen LogP contribution in [0.15, 0.2) is 30.6 Å². The Kier molecular flexibility index (Phi) is 2.99. The highest BCUT2D eigenvalue weighted by atomic mass is 35.5. The number of benzene rings is 1. The Morgan fingerprint density at radius 2 is 2.19 bits per heavy atom. The third-order valence-corrected chi connectivity index (χ3v) is 2.86. The van der Waals surface area contributed by atoms with Gasteiger partial charge >= 0.3 is 0 Å². The fourth-order valence-corrected chi connectivity index (χ4v) is 1.95. The molecule has 0 saturated heterocycles. The molecule has 1 aromatic carbocycles. The lowest BCUT2D eigenvalue weighted by atomic mass is 10.0. The first-order valence-electron chi connectivity index (χ1n) is 5.01. The summed E-state index contributed by atoms with van der Waals surface area (Å²) in [4.78, 5) is 4.14. The summed E-state index contributed by atoms with van der Waals surface area (Å²) in [5.74, 6) is 0.630. The van der Waals surface area contributed by atoms with E-state index in [0.717, 1.165) is 11.1 Å². The first kappa shape index (κ1) is 11.2. The molecule has 2 rings (SSSR count). The largest absolute Gasteiger partial charge is 0.380 e. The lowest BCUT2D eigenvalue weighted by Gasteiger charge is -2.13. The van der Waals surface area contributed by atoms with Crippen LogP contribution < -0.4 is 0 Å². The van der Waals surface area contributed by atoms with Gasteiger partial charge in [0.2, 0.25) is 0 Å². The summed E-state index contributed by atoms with van der Waals surface area (Å²) in [5.41, 5.74) is 1.79. The van der Waals surface area contributed by atoms with Crippen LogP contribution in [-0.2, 0) is 7.05 Å². The van der Waals surface area contributed by atoms with E-state index >= 15 is 0 Å². The minimum Gasteiger partial charge on any atom is -0.380 e. The third-order valence-electron chi connectivity index (χ3n) is 2.63. The smallest absolute Gasteiger partial charge is 0.142 e. The molecule has 1 atom stereocenters. The van der Waals surface area contributed by atoms with Gasteiger partial charge in [0.25, 0.3) is 0 Å². The van der Waals surface area contributed by atoms with E-state index in [9.17, 15) is 5.11 Å². The molecule has 4 heteroatoms. The van der Waals surface area contributed by atoms with Gasteiger partial charge in [0.1, 0.15) is 11.9 Å². The zero-order valence-corrected chi connectivity index (χ0v) is 9.94. The number of aryl methyl sites for hydroxylation is 2. The van der Waals surface area contributed by atoms with Gasteiger partial charge in [0, 0.05) is 24.5 Å². The van der Waals surface area contributed by atoms with Gasteiger partial charge in [-0.3, -0.25) is 0 Å². The number of aliphatic hydroxyl groups is 1. The highest BCUT2D eigenvalue weighted by molar-refractivity contribution is 6.30. The molecule has 0 amide bonds. The zero-order valence-electron chi connectivity index (χ0n) is 9.18. The molecule has 84 valence electrons. The van der Waals surface area contributed by atoms with Gasteiger partial charge in [-0.05, 0) is 30.2 Å². The molecule has 0 spiro atoms. The lowest BCUT2D eigenvalue weighted by molar-refractivity contribution is 0.205. The summed E-state index contributed by atoms with van der Waals surface area (Å²) in [6.45, 7) is 1.92. The first-order valence-corrected chi connectivity index (χ1v) is 5.38. The molecule has 16 heavy (non-hydrogen) atoms. The Morgan fingerprint density at radius 1 is 1.44 bits per heavy atom. The van der Waals surface area contributed by atoms with Crippen LogP contribution in [0, 0.1) is 6.92 Å². The molecule has 1 heterocycles. The SMILES string of the molecule is Cc1cc(Cl)ccc1C(O)c1nccn1C. The van der Waals surface area contributed by atoms with Crippen molar-refractivity contribution in [1.82, 2.24) is 9.55 Å². The number of imidazole rings is 1. The van der Waals surface area contributed by atoms with Crippen molar-refractivity contribution in [2.45, 2.75) is 13.0 Å². The maximum Gasteiger partial charge on any atom is 0.142 e. The predicted molar refractivity (Wildman–Crippen MR) is 63.5 cm³/mol. The van der Waals surface area contributed by atoms with E-state index in [4.69, 9.17) is 11.6 Å². The van der Waals surface area contributed by atoms with Crippen molar-refractivity contribution in [1.29, 1.82) is 0 Å². The number of nitrogens with zero attached hydrogens (tertiary/aromatic N) is 2. The predicted octanol–water partition coefficient (Wildman–Crippen LogP) is 2.46. The molecular weight excluding hydrogens is 224 g/mol. The minimum absolute atomic E-state index is 0.630. The normalized spacial score (nSPS) is 12.8. The standard InChI is InChI=1S/C12H13ClN2O/c1-8-7-9(13)3-4-10(8)11(16)12-14-5-6-15(12)2/h3-7,11,16H,1-2H3. The number of hydrogen-bond donors (Lipinski definition) is 1. The summed E-state index contributed by atoms with van der Waals surface area (Å²) >= 11 is 5.88. The van der Waals surface area contributed by atoms with Crippen LogP contribution in [0.5, 0.6) is 0 Å². The van der Waals surface area contributed by atoms with Gasteiger partial charge in [-0.25, -0.2) is 4.98 Å². The summed E-state index contributed by atoms with van der Waals surface area (Å²) in [5, 5.41) is 10.9. The van der Waals surface area contributed by atoms with E-state index in [1.54, 1.807) is 16.8 Å². The molecule has 3 nitrogen and oxygen atoms in total. The number of aliphatic hydroxyl groups excluding tert-OH is 1. The van der Waals surface area contributed by atoms with Crippen LogP contribution >= 0.6 is 11.6 Å². The van der Waals surface area contributed by atoms with E-state index in [1.807, 2.05) is 32.3 Å². The molecule has 1 N–H and O–H groups in total. The molecule has 0 aliphatic heterocycles. The van der Waals surface area contributed by atoms with Crippen molar-refractivity contribution < 1.29 is 5.11 Å². The van der Waals surface area contributed by atoms with Crippen LogP contribution in [0.2, 0.25) is 5.02 Å². The van der Waals surface area contributed by atoms with Crippen molar-refractivity contribution in [3.63, 3.8) is 0 Å². The molecule has 0 fully saturated rings. The second kappa shape index (κ2) is 4.28. The second-order valence-electron chi connectivity index (χ2n) is 3.80. The summed E-state index contributed by atoms with van der Waals surface area (Å²) in [6, 6.07) is 5.44. The van der Waals surface area contributed by atoms with E-state index in [-0.39, 0.29) is 0 Å². The Hall–Kier alpha value is -1.32. The minimum atomic E-state index is -0.711. The van der Waals surface area contributed by atoms with Crippen LogP contribution in [0.4, 0.5) is 0 Å². The van der Waals surface area contributed by atoms with Gasteiger partial charge < -0.3 is 9.67 Å². The molecule has 1 aromatic heterocycles. The number of hydrogen-bond acceptors (Lipinski definition) is 2. The van der Waals surface area contributed by atoms with Crippen LogP contribution in [0.1, 0.15) is 23.1 Å². The summed E-state index contributed by atoms with van der Waals surface area (Å²) in [7, 11) is 1.86. The zero-order chi connectivity index (χ0) is 11.7. The molecular formula is C12H13ClN2O. The van der Waals surface area contributed by atoms with E-state index in [0.29, 0.717) is 10.8 Å². The van der Waals surface area contributed by atoms with Crippen molar-refractivity contribution in [2.24, 2.45) is 7.05 Å². The number of rotatable bonds is 2. The molecule has 0 aliphatic rings. The quantitative estimate of drug-likeness (QED) is 0.870. The average Bonchev–Trinajstić information content (AvgIpc) is 2.63.